The Morgan fingerprint density at radius 1 is 1.00 bits per heavy atom. The lowest BCUT2D eigenvalue weighted by Gasteiger charge is -2.10. The quantitative estimate of drug-likeness (QED) is 0.581. The van der Waals surface area contributed by atoms with Crippen molar-refractivity contribution in [2.24, 2.45) is 4.99 Å². The summed E-state index contributed by atoms with van der Waals surface area (Å²) in [6.07, 6.45) is 0. The van der Waals surface area contributed by atoms with Crippen LogP contribution in [-0.2, 0) is 4.74 Å². The number of fused-ring (bicyclic) bond motifs is 1. The second-order valence-corrected chi connectivity index (χ2v) is 6.36. The molecular weight excluding hydrogens is 382 g/mol. The molecule has 148 valence electrons. The van der Waals surface area contributed by atoms with Gasteiger partial charge in [0.2, 0.25) is 0 Å². The fourth-order valence-electron chi connectivity index (χ4n) is 2.80. The molecular formula is C21H22ClNO5. The van der Waals surface area contributed by atoms with Crippen molar-refractivity contribution >= 4 is 22.6 Å². The van der Waals surface area contributed by atoms with Gasteiger partial charge in [0.25, 0.3) is 0 Å². The van der Waals surface area contributed by atoms with Crippen LogP contribution in [0.4, 0.5) is 0 Å². The van der Waals surface area contributed by atoms with Crippen molar-refractivity contribution in [3.63, 3.8) is 0 Å². The highest BCUT2D eigenvalue weighted by Crippen LogP contribution is 2.33. The second-order valence-electron chi connectivity index (χ2n) is 5.92. The summed E-state index contributed by atoms with van der Waals surface area (Å²) in [5.74, 6) is 1.90. The maximum Gasteiger partial charge on any atom is 0.161 e. The van der Waals surface area contributed by atoms with E-state index < -0.39 is 0 Å². The predicted octanol–water partition coefficient (Wildman–Crippen LogP) is 3.68. The Bertz CT molecular complexity index is 1020. The first-order chi connectivity index (χ1) is 13.7. The highest BCUT2D eigenvalue weighted by atomic mass is 35.5. The molecule has 0 radical (unpaired) electrons. The van der Waals surface area contributed by atoms with E-state index in [4.69, 9.17) is 35.3 Å². The summed E-state index contributed by atoms with van der Waals surface area (Å²) in [7, 11) is 3.19. The van der Waals surface area contributed by atoms with Gasteiger partial charge in [0.05, 0.1) is 45.9 Å². The fourth-order valence-corrected chi connectivity index (χ4v) is 2.97. The average Bonchev–Trinajstić information content (AvgIpc) is 2.73. The van der Waals surface area contributed by atoms with Crippen LogP contribution in [0.1, 0.15) is 0 Å². The van der Waals surface area contributed by atoms with E-state index in [9.17, 15) is 0 Å². The van der Waals surface area contributed by atoms with Crippen LogP contribution in [0.25, 0.3) is 22.3 Å². The van der Waals surface area contributed by atoms with E-state index >= 15 is 0 Å². The maximum absolute atomic E-state index is 8.80. The number of halogens is 1. The van der Waals surface area contributed by atoms with E-state index in [2.05, 4.69) is 4.99 Å². The van der Waals surface area contributed by atoms with Crippen molar-refractivity contribution in [3.8, 4) is 22.8 Å². The third-order valence-corrected chi connectivity index (χ3v) is 4.36. The highest BCUT2D eigenvalue weighted by molar-refractivity contribution is 6.31. The molecule has 0 aliphatic carbocycles. The molecule has 0 unspecified atom stereocenters. The molecule has 1 aromatic heterocycles. The summed E-state index contributed by atoms with van der Waals surface area (Å²) in [6, 6.07) is 12.9. The zero-order chi connectivity index (χ0) is 19.9. The first kappa shape index (κ1) is 20.2. The Balaban J connectivity index is 2.06. The number of methoxy groups -OCH3 is 2. The van der Waals surface area contributed by atoms with Gasteiger partial charge in [-0.15, -0.1) is 0 Å². The molecule has 1 N–H and O–H groups in total. The largest absolute Gasteiger partial charge is 0.493 e. The molecule has 2 aromatic carbocycles. The number of hydrogen-bond donors (Lipinski definition) is 1. The van der Waals surface area contributed by atoms with Gasteiger partial charge in [-0.25, -0.2) is 0 Å². The van der Waals surface area contributed by atoms with Gasteiger partial charge in [-0.2, -0.15) is 0 Å². The molecule has 0 amide bonds. The number of benzene rings is 2. The molecule has 0 saturated carbocycles. The number of ether oxygens (including phenoxy) is 3. The van der Waals surface area contributed by atoms with E-state index in [1.165, 1.54) is 0 Å². The minimum atomic E-state index is -0.00773. The number of aliphatic hydroxyl groups excluding tert-OH is 1. The Hall–Kier alpha value is -2.54. The second kappa shape index (κ2) is 9.59. The fraction of sp³-hybridized carbons (Fsp3) is 0.286. The summed E-state index contributed by atoms with van der Waals surface area (Å²) in [4.78, 5) is 4.63. The van der Waals surface area contributed by atoms with E-state index in [-0.39, 0.29) is 6.61 Å². The summed E-state index contributed by atoms with van der Waals surface area (Å²) in [5, 5.41) is 11.0. The average molecular weight is 404 g/mol. The number of rotatable bonds is 8. The van der Waals surface area contributed by atoms with Crippen LogP contribution in [0.5, 0.6) is 11.5 Å². The van der Waals surface area contributed by atoms with Crippen LogP contribution in [0.2, 0.25) is 5.02 Å². The van der Waals surface area contributed by atoms with E-state index in [0.29, 0.717) is 47.6 Å². The molecule has 0 aliphatic rings. The summed E-state index contributed by atoms with van der Waals surface area (Å²) in [6.45, 7) is 1.16. The molecule has 6 nitrogen and oxygen atoms in total. The zero-order valence-electron chi connectivity index (χ0n) is 15.8. The number of nitrogens with zero attached hydrogens (tertiary/aromatic N) is 1. The minimum Gasteiger partial charge on any atom is -0.493 e. The van der Waals surface area contributed by atoms with E-state index in [1.54, 1.807) is 20.3 Å². The van der Waals surface area contributed by atoms with Gasteiger partial charge >= 0.3 is 0 Å². The van der Waals surface area contributed by atoms with Crippen LogP contribution in [0, 0.1) is 0 Å². The number of aliphatic hydroxyl groups is 1. The smallest absolute Gasteiger partial charge is 0.161 e. The van der Waals surface area contributed by atoms with Crippen LogP contribution in [0.3, 0.4) is 0 Å². The zero-order valence-corrected chi connectivity index (χ0v) is 16.5. The van der Waals surface area contributed by atoms with Crippen molar-refractivity contribution in [3.05, 3.63) is 52.8 Å². The van der Waals surface area contributed by atoms with Crippen LogP contribution < -0.4 is 14.8 Å². The highest BCUT2D eigenvalue weighted by Gasteiger charge is 2.10. The van der Waals surface area contributed by atoms with E-state index in [0.717, 1.165) is 16.3 Å². The number of hydrogen-bond acceptors (Lipinski definition) is 6. The molecule has 1 heterocycles. The van der Waals surface area contributed by atoms with Crippen molar-refractivity contribution in [1.82, 2.24) is 0 Å². The Morgan fingerprint density at radius 3 is 2.57 bits per heavy atom. The SMILES string of the molecule is COc1ccc(-c2cc(=NCCOCCO)c3cc(Cl)ccc3o2)cc1OC. The molecule has 0 spiro atoms. The normalized spacial score (nSPS) is 11.8. The molecule has 0 bridgehead atoms. The van der Waals surface area contributed by atoms with Gasteiger partial charge in [-0.1, -0.05) is 11.6 Å². The molecule has 0 atom stereocenters. The Labute approximate surface area is 167 Å². The van der Waals surface area contributed by atoms with Crippen LogP contribution in [0.15, 0.2) is 51.9 Å². The standard InChI is InChI=1S/C21H22ClNO5/c1-25-19-5-3-14(11-21(19)26-2)20-13-17(23-7-9-27-10-8-24)16-12-15(22)4-6-18(16)28-20/h3-6,11-13,24H,7-10H2,1-2H3. The first-order valence-corrected chi connectivity index (χ1v) is 9.19. The lowest BCUT2D eigenvalue weighted by Crippen LogP contribution is -2.09. The molecule has 0 aliphatic heterocycles. The lowest BCUT2D eigenvalue weighted by molar-refractivity contribution is 0.0975. The van der Waals surface area contributed by atoms with Crippen molar-refractivity contribution in [1.29, 1.82) is 0 Å². The maximum atomic E-state index is 8.80. The van der Waals surface area contributed by atoms with Gasteiger partial charge in [-0.3, -0.25) is 4.99 Å². The predicted molar refractivity (Wildman–Crippen MR) is 108 cm³/mol. The van der Waals surface area contributed by atoms with Crippen molar-refractivity contribution < 1.29 is 23.7 Å². The van der Waals surface area contributed by atoms with Crippen molar-refractivity contribution in [2.75, 3.05) is 40.6 Å². The Morgan fingerprint density at radius 2 is 1.82 bits per heavy atom. The molecule has 3 rings (SSSR count). The monoisotopic (exact) mass is 403 g/mol. The summed E-state index contributed by atoms with van der Waals surface area (Å²) < 4.78 is 22.1. The van der Waals surface area contributed by atoms with Gasteiger partial charge in [0.15, 0.2) is 11.5 Å². The first-order valence-electron chi connectivity index (χ1n) is 8.81. The molecule has 0 saturated heterocycles. The van der Waals surface area contributed by atoms with Gasteiger partial charge in [0, 0.05) is 22.0 Å². The van der Waals surface area contributed by atoms with Crippen LogP contribution in [-0.4, -0.2) is 45.7 Å². The third kappa shape index (κ3) is 4.65. The van der Waals surface area contributed by atoms with E-state index in [1.807, 2.05) is 36.4 Å². The molecule has 3 aromatic rings. The molecule has 28 heavy (non-hydrogen) atoms. The molecule has 7 heteroatoms. The van der Waals surface area contributed by atoms with Crippen LogP contribution >= 0.6 is 11.6 Å². The topological polar surface area (TPSA) is 73.4 Å². The molecule has 0 fully saturated rings. The van der Waals surface area contributed by atoms with Crippen molar-refractivity contribution in [2.45, 2.75) is 0 Å². The summed E-state index contributed by atoms with van der Waals surface area (Å²) in [5.41, 5.74) is 1.51. The van der Waals surface area contributed by atoms with Gasteiger partial charge < -0.3 is 23.7 Å². The van der Waals surface area contributed by atoms with Gasteiger partial charge in [0.1, 0.15) is 11.3 Å². The third-order valence-electron chi connectivity index (χ3n) is 4.13. The van der Waals surface area contributed by atoms with Gasteiger partial charge in [-0.05, 0) is 36.4 Å². The minimum absolute atomic E-state index is 0.00773. The summed E-state index contributed by atoms with van der Waals surface area (Å²) >= 11 is 6.16. The Kier molecular flexibility index (Phi) is 6.92. The lowest BCUT2D eigenvalue weighted by atomic mass is 10.1.